The number of carbonyl (C=O) groups excluding carboxylic acids is 1. The van der Waals surface area contributed by atoms with Gasteiger partial charge in [-0.3, -0.25) is 0 Å². The minimum atomic E-state index is -0.668. The number of rotatable bonds is 23. The lowest BCUT2D eigenvalue weighted by molar-refractivity contribution is -0.0315. The molecule has 11 rings (SSSR count). The van der Waals surface area contributed by atoms with Crippen molar-refractivity contribution in [2.45, 2.75) is 45.6 Å². The van der Waals surface area contributed by atoms with E-state index < -0.39 is 11.8 Å². The van der Waals surface area contributed by atoms with E-state index in [-0.39, 0.29) is 13.2 Å². The second-order valence-electron chi connectivity index (χ2n) is 21.7. The fraction of sp³-hybridized carbons (Fsp3) is 0.141. The highest BCUT2D eigenvalue weighted by Crippen LogP contribution is 2.40. The highest BCUT2D eigenvalue weighted by Gasteiger charge is 2.23. The molecule has 0 bridgehead atoms. The smallest absolute Gasteiger partial charge is 0.491 e. The summed E-state index contributed by atoms with van der Waals surface area (Å²) in [4.78, 5) is 16.7. The third kappa shape index (κ3) is 14.6. The molecule has 0 amide bonds. The van der Waals surface area contributed by atoms with E-state index >= 15 is 0 Å². The number of unbranched alkanes of at least 4 members (excludes halogenated alkanes) is 1. The minimum Gasteiger partial charge on any atom is -0.491 e. The largest absolute Gasteiger partial charge is 0.508 e. The molecule has 0 atom stereocenters. The maximum Gasteiger partial charge on any atom is 0.508 e. The van der Waals surface area contributed by atoms with Gasteiger partial charge in [0.2, 0.25) is 0 Å². The third-order valence-corrected chi connectivity index (χ3v) is 15.2. The fourth-order valence-corrected chi connectivity index (χ4v) is 10.6. The molecule has 0 aliphatic heterocycles. The van der Waals surface area contributed by atoms with Crippen LogP contribution in [-0.4, -0.2) is 38.2 Å². The summed E-state index contributed by atoms with van der Waals surface area (Å²) >= 11 is 0. The molecule has 7 nitrogen and oxygen atoms in total. The number of ether oxygens (including phenoxy) is 4. The number of nitrogens with zero attached hydrogens (tertiary/aromatic N) is 2. The molecule has 7 heteroatoms. The second kappa shape index (κ2) is 27.4. The summed E-state index contributed by atoms with van der Waals surface area (Å²) in [6.07, 6.45) is 2.15. The number of hydrogen-bond donors (Lipinski definition) is 0. The van der Waals surface area contributed by atoms with Crippen LogP contribution in [0.15, 0.2) is 285 Å². The van der Waals surface area contributed by atoms with Crippen molar-refractivity contribution in [3.8, 4) is 72.5 Å². The average Bonchev–Trinajstić information content (AvgIpc) is 3.73. The Balaban J connectivity index is 0.761. The molecule has 85 heavy (non-hydrogen) atoms. The molecule has 0 N–H and O–H groups in total. The van der Waals surface area contributed by atoms with Crippen LogP contribution in [0.2, 0.25) is 0 Å². The van der Waals surface area contributed by atoms with E-state index in [1.54, 1.807) is 0 Å². The monoisotopic (exact) mass is 1110 g/mol. The molecule has 0 saturated heterocycles. The first kappa shape index (κ1) is 56.9. The van der Waals surface area contributed by atoms with Crippen molar-refractivity contribution >= 4 is 40.3 Å². The summed E-state index contributed by atoms with van der Waals surface area (Å²) in [6.45, 7) is 7.03. The average molecular weight is 1120 g/mol. The summed E-state index contributed by atoms with van der Waals surface area (Å²) in [5.74, 6) is 0.750. The highest BCUT2D eigenvalue weighted by molar-refractivity contribution is 5.84. The fourth-order valence-electron chi connectivity index (χ4n) is 10.6. The molecule has 0 spiro atoms. The zero-order valence-corrected chi connectivity index (χ0v) is 48.5. The third-order valence-electron chi connectivity index (χ3n) is 15.2. The van der Waals surface area contributed by atoms with E-state index in [2.05, 4.69) is 284 Å². The molecular formula is C78H70N2O5. The summed E-state index contributed by atoms with van der Waals surface area (Å²) < 4.78 is 22.3. The maximum atomic E-state index is 12.1. The maximum absolute atomic E-state index is 12.1. The normalized spacial score (nSPS) is 11.2. The molecule has 0 fully saturated rings. The number of hydrogen-bond acceptors (Lipinski definition) is 7. The molecule has 0 heterocycles. The van der Waals surface area contributed by atoms with Crippen LogP contribution in [0.4, 0.5) is 38.9 Å². The van der Waals surface area contributed by atoms with Gasteiger partial charge in [0.15, 0.2) is 0 Å². The molecule has 0 saturated carbocycles. The van der Waals surface area contributed by atoms with Gasteiger partial charge in [-0.2, -0.15) is 0 Å². The predicted octanol–water partition coefficient (Wildman–Crippen LogP) is 21.1. The van der Waals surface area contributed by atoms with Crippen LogP contribution in [0.5, 0.6) is 5.75 Å². The van der Waals surface area contributed by atoms with Gasteiger partial charge in [0.25, 0.3) is 0 Å². The number of anilines is 6. The molecule has 0 aliphatic carbocycles. The quantitative estimate of drug-likeness (QED) is 0.0467. The molecule has 0 aromatic heterocycles. The van der Waals surface area contributed by atoms with Crippen molar-refractivity contribution in [2.24, 2.45) is 0 Å². The molecule has 0 radical (unpaired) electrons. The van der Waals surface area contributed by atoms with E-state index in [0.29, 0.717) is 13.2 Å². The number of benzene rings is 11. The summed E-state index contributed by atoms with van der Waals surface area (Å²) in [5, 5.41) is 0. The second-order valence-corrected chi connectivity index (χ2v) is 21.7. The number of carbonyl (C=O) groups is 1. The van der Waals surface area contributed by atoms with Gasteiger partial charge in [-0.1, -0.05) is 214 Å². The standard InChI is InChI=1S/C78H70N2O5/c1-4-5-53-78(2,3)85-77(81)84-57-55-82-54-56-83-76-51-37-69(38-52-76)68-35-49-75(50-36-68)80(72-43-29-65(30-44-72)60-19-13-8-14-20-60)74-47-33-67(34-48-74)62-23-21-61(22-24-62)66-31-45-73(46-32-66)79(70-39-25-63(26-40-70)58-15-9-6-10-16-58)71-41-27-64(28-42-71)59-17-11-7-12-18-59/h6-52H,4-5,53-57H2,1-3H3. The van der Waals surface area contributed by atoms with Crippen molar-refractivity contribution < 1.29 is 23.7 Å². The van der Waals surface area contributed by atoms with Crippen molar-refractivity contribution in [1.29, 1.82) is 0 Å². The van der Waals surface area contributed by atoms with E-state index in [0.717, 1.165) is 98.1 Å². The summed E-state index contributed by atoms with van der Waals surface area (Å²) in [6, 6.07) is 101. The Morgan fingerprint density at radius 1 is 0.329 bits per heavy atom. The first-order chi connectivity index (χ1) is 41.7. The SMILES string of the molecule is CCCCC(C)(C)OC(=O)OCCOCCOc1ccc(-c2ccc(N(c3ccc(-c4ccccc4)cc3)c3ccc(-c4ccc(-c5ccc(N(c6ccc(-c7ccccc7)cc6)c6ccc(-c7ccccc7)cc6)cc5)cc4)cc3)cc2)cc1. The Morgan fingerprint density at radius 3 is 0.882 bits per heavy atom. The lowest BCUT2D eigenvalue weighted by Crippen LogP contribution is -2.29. The minimum absolute atomic E-state index is 0.121. The van der Waals surface area contributed by atoms with Crippen LogP contribution in [0, 0.1) is 0 Å². The van der Waals surface area contributed by atoms with E-state index in [9.17, 15) is 4.79 Å². The first-order valence-electron chi connectivity index (χ1n) is 29.4. The lowest BCUT2D eigenvalue weighted by Gasteiger charge is -2.26. The molecule has 0 unspecified atom stereocenters. The summed E-state index contributed by atoms with van der Waals surface area (Å²) in [7, 11) is 0. The topological polar surface area (TPSA) is 60.5 Å². The van der Waals surface area contributed by atoms with Crippen LogP contribution in [0.25, 0.3) is 66.8 Å². The van der Waals surface area contributed by atoms with E-state index in [1.807, 2.05) is 32.0 Å². The Labute approximate surface area is 501 Å². The van der Waals surface area contributed by atoms with E-state index in [1.165, 1.54) is 27.8 Å². The van der Waals surface area contributed by atoms with Crippen molar-refractivity contribution in [3.63, 3.8) is 0 Å². The van der Waals surface area contributed by atoms with Gasteiger partial charge in [0, 0.05) is 34.1 Å². The van der Waals surface area contributed by atoms with Crippen LogP contribution >= 0.6 is 0 Å². The Kier molecular flexibility index (Phi) is 18.4. The Hall–Kier alpha value is -9.95. The van der Waals surface area contributed by atoms with Crippen LogP contribution in [0.1, 0.15) is 40.0 Å². The molecular weight excluding hydrogens is 1040 g/mol. The lowest BCUT2D eigenvalue weighted by atomic mass is 9.99. The highest BCUT2D eigenvalue weighted by atomic mass is 16.7. The van der Waals surface area contributed by atoms with Crippen molar-refractivity contribution in [2.75, 3.05) is 36.2 Å². The van der Waals surface area contributed by atoms with Gasteiger partial charge < -0.3 is 28.7 Å². The van der Waals surface area contributed by atoms with Crippen LogP contribution in [-0.2, 0) is 14.2 Å². The van der Waals surface area contributed by atoms with E-state index in [4.69, 9.17) is 18.9 Å². The zero-order valence-electron chi connectivity index (χ0n) is 48.5. The Bertz CT molecular complexity index is 3750. The molecule has 0 aliphatic rings. The molecule has 422 valence electrons. The summed E-state index contributed by atoms with van der Waals surface area (Å²) in [5.41, 5.74) is 19.7. The van der Waals surface area contributed by atoms with Crippen LogP contribution in [0.3, 0.4) is 0 Å². The van der Waals surface area contributed by atoms with Gasteiger partial charge in [-0.25, -0.2) is 4.79 Å². The van der Waals surface area contributed by atoms with Gasteiger partial charge in [-0.15, -0.1) is 0 Å². The van der Waals surface area contributed by atoms with Crippen molar-refractivity contribution in [3.05, 3.63) is 285 Å². The van der Waals surface area contributed by atoms with Crippen molar-refractivity contribution in [1.82, 2.24) is 0 Å². The zero-order chi connectivity index (χ0) is 58.2. The van der Waals surface area contributed by atoms with Gasteiger partial charge in [0.05, 0.1) is 13.2 Å². The van der Waals surface area contributed by atoms with Gasteiger partial charge in [0.1, 0.15) is 24.6 Å². The van der Waals surface area contributed by atoms with Gasteiger partial charge >= 0.3 is 6.16 Å². The molecule has 11 aromatic rings. The van der Waals surface area contributed by atoms with Gasteiger partial charge in [-0.05, 0) is 178 Å². The Morgan fingerprint density at radius 2 is 0.588 bits per heavy atom. The predicted molar refractivity (Wildman–Crippen MR) is 351 cm³/mol. The molecule has 11 aromatic carbocycles. The first-order valence-corrected chi connectivity index (χ1v) is 29.4. The van der Waals surface area contributed by atoms with Crippen LogP contribution < -0.4 is 14.5 Å².